The van der Waals surface area contributed by atoms with Gasteiger partial charge in [0.2, 0.25) is 0 Å². The van der Waals surface area contributed by atoms with E-state index in [1.807, 2.05) is 0 Å². The van der Waals surface area contributed by atoms with Crippen LogP contribution in [0.15, 0.2) is 0 Å². The van der Waals surface area contributed by atoms with Crippen molar-refractivity contribution in [3.8, 4) is 0 Å². The first-order valence-corrected chi connectivity index (χ1v) is 8.04. The lowest BCUT2D eigenvalue weighted by molar-refractivity contribution is 0.0977. The van der Waals surface area contributed by atoms with Crippen molar-refractivity contribution in [2.24, 2.45) is 5.41 Å². The first kappa shape index (κ1) is 14.3. The fraction of sp³-hybridized carbons (Fsp3) is 1.00. The third-order valence-corrected chi connectivity index (χ3v) is 5.08. The summed E-state index contributed by atoms with van der Waals surface area (Å²) in [5.74, 6) is 0. The monoisotopic (exact) mass is 252 g/mol. The molecule has 2 rings (SSSR count). The summed E-state index contributed by atoms with van der Waals surface area (Å²) >= 11 is 0. The van der Waals surface area contributed by atoms with E-state index in [0.29, 0.717) is 11.5 Å². The number of likely N-dealkylation sites (tertiary alicyclic amines) is 1. The second kappa shape index (κ2) is 6.38. The zero-order valence-corrected chi connectivity index (χ0v) is 12.7. The van der Waals surface area contributed by atoms with Crippen molar-refractivity contribution in [3.05, 3.63) is 0 Å². The average Bonchev–Trinajstić information content (AvgIpc) is 2.37. The van der Waals surface area contributed by atoms with Crippen molar-refractivity contribution >= 4 is 0 Å². The maximum atomic E-state index is 3.80. The van der Waals surface area contributed by atoms with E-state index in [0.717, 1.165) is 6.04 Å². The highest BCUT2D eigenvalue weighted by molar-refractivity contribution is 4.83. The maximum absolute atomic E-state index is 3.80. The molecular weight excluding hydrogens is 220 g/mol. The molecule has 0 aromatic carbocycles. The lowest BCUT2D eigenvalue weighted by Gasteiger charge is -2.40. The van der Waals surface area contributed by atoms with Crippen LogP contribution in [-0.2, 0) is 0 Å². The summed E-state index contributed by atoms with van der Waals surface area (Å²) < 4.78 is 0. The van der Waals surface area contributed by atoms with Crippen LogP contribution in [0.25, 0.3) is 0 Å². The lowest BCUT2D eigenvalue weighted by atomic mass is 9.82. The predicted octanol–water partition coefficient (Wildman–Crippen LogP) is 3.42. The summed E-state index contributed by atoms with van der Waals surface area (Å²) in [6, 6.07) is 1.52. The van der Waals surface area contributed by atoms with Gasteiger partial charge in [0, 0.05) is 18.6 Å². The molecule has 0 bridgehead atoms. The van der Waals surface area contributed by atoms with Crippen LogP contribution < -0.4 is 5.32 Å². The average molecular weight is 252 g/mol. The SMILES string of the molecule is CC(CNC1CCCCC1)N1CCC(C)(C)CC1. The molecule has 18 heavy (non-hydrogen) atoms. The number of nitrogens with one attached hydrogen (secondary N) is 1. The first-order valence-electron chi connectivity index (χ1n) is 8.04. The van der Waals surface area contributed by atoms with Crippen LogP contribution in [0.2, 0.25) is 0 Å². The fourth-order valence-electron chi connectivity index (χ4n) is 3.34. The van der Waals surface area contributed by atoms with Crippen LogP contribution in [0, 0.1) is 5.41 Å². The van der Waals surface area contributed by atoms with Gasteiger partial charge in [-0.1, -0.05) is 33.1 Å². The van der Waals surface area contributed by atoms with E-state index in [4.69, 9.17) is 0 Å². The van der Waals surface area contributed by atoms with Gasteiger partial charge in [-0.05, 0) is 51.1 Å². The Morgan fingerprint density at radius 3 is 2.33 bits per heavy atom. The largest absolute Gasteiger partial charge is 0.312 e. The molecule has 1 unspecified atom stereocenters. The van der Waals surface area contributed by atoms with E-state index < -0.39 is 0 Å². The lowest BCUT2D eigenvalue weighted by Crippen LogP contribution is -2.48. The van der Waals surface area contributed by atoms with Gasteiger partial charge in [0.15, 0.2) is 0 Å². The highest BCUT2D eigenvalue weighted by Crippen LogP contribution is 2.30. The Balaban J connectivity index is 1.66. The molecule has 2 heteroatoms. The van der Waals surface area contributed by atoms with Crippen molar-refractivity contribution in [2.75, 3.05) is 19.6 Å². The quantitative estimate of drug-likeness (QED) is 0.825. The second-order valence-corrected chi connectivity index (χ2v) is 7.29. The summed E-state index contributed by atoms with van der Waals surface area (Å²) in [4.78, 5) is 2.68. The van der Waals surface area contributed by atoms with Crippen molar-refractivity contribution < 1.29 is 0 Å². The zero-order valence-electron chi connectivity index (χ0n) is 12.7. The third-order valence-electron chi connectivity index (χ3n) is 5.08. The Morgan fingerprint density at radius 2 is 1.72 bits per heavy atom. The molecule has 0 spiro atoms. The number of rotatable bonds is 4. The second-order valence-electron chi connectivity index (χ2n) is 7.29. The fourth-order valence-corrected chi connectivity index (χ4v) is 3.34. The topological polar surface area (TPSA) is 15.3 Å². The smallest absolute Gasteiger partial charge is 0.0192 e. The third kappa shape index (κ3) is 4.24. The van der Waals surface area contributed by atoms with Crippen LogP contribution in [0.4, 0.5) is 0 Å². The molecule has 0 aromatic heterocycles. The van der Waals surface area contributed by atoms with Gasteiger partial charge in [-0.2, -0.15) is 0 Å². The Morgan fingerprint density at radius 1 is 1.11 bits per heavy atom. The van der Waals surface area contributed by atoms with E-state index >= 15 is 0 Å². The van der Waals surface area contributed by atoms with E-state index in [1.54, 1.807) is 0 Å². The van der Waals surface area contributed by atoms with Gasteiger partial charge in [-0.25, -0.2) is 0 Å². The molecule has 1 heterocycles. The maximum Gasteiger partial charge on any atom is 0.0192 e. The molecule has 106 valence electrons. The molecule has 0 radical (unpaired) electrons. The van der Waals surface area contributed by atoms with E-state index in [-0.39, 0.29) is 0 Å². The van der Waals surface area contributed by atoms with Crippen molar-refractivity contribution in [3.63, 3.8) is 0 Å². The molecule has 1 aliphatic carbocycles. The van der Waals surface area contributed by atoms with Gasteiger partial charge in [-0.3, -0.25) is 4.90 Å². The standard InChI is InChI=1S/C16H32N2/c1-14(13-17-15-7-5-4-6-8-15)18-11-9-16(2,3)10-12-18/h14-15,17H,4-13H2,1-3H3. The number of nitrogens with zero attached hydrogens (tertiary/aromatic N) is 1. The Labute approximate surface area is 114 Å². The van der Waals surface area contributed by atoms with Crippen molar-refractivity contribution in [1.82, 2.24) is 10.2 Å². The van der Waals surface area contributed by atoms with Crippen LogP contribution >= 0.6 is 0 Å². The molecule has 1 N–H and O–H groups in total. The summed E-state index contributed by atoms with van der Waals surface area (Å²) in [7, 11) is 0. The van der Waals surface area contributed by atoms with Gasteiger partial charge in [0.1, 0.15) is 0 Å². The van der Waals surface area contributed by atoms with Gasteiger partial charge in [0.05, 0.1) is 0 Å². The minimum absolute atomic E-state index is 0.576. The van der Waals surface area contributed by atoms with Crippen LogP contribution in [0.5, 0.6) is 0 Å². The predicted molar refractivity (Wildman–Crippen MR) is 78.9 cm³/mol. The molecule has 1 aliphatic heterocycles. The molecule has 2 nitrogen and oxygen atoms in total. The van der Waals surface area contributed by atoms with E-state index in [9.17, 15) is 0 Å². The van der Waals surface area contributed by atoms with Crippen molar-refractivity contribution in [2.45, 2.75) is 77.8 Å². The Bertz CT molecular complexity index is 233. The van der Waals surface area contributed by atoms with Gasteiger partial charge in [0.25, 0.3) is 0 Å². The highest BCUT2D eigenvalue weighted by Gasteiger charge is 2.27. The normalized spacial score (nSPS) is 28.2. The molecule has 0 aromatic rings. The van der Waals surface area contributed by atoms with Crippen molar-refractivity contribution in [1.29, 1.82) is 0 Å². The molecule has 1 saturated heterocycles. The minimum atomic E-state index is 0.576. The molecule has 2 fully saturated rings. The van der Waals surface area contributed by atoms with Crippen LogP contribution in [0.1, 0.15) is 65.7 Å². The Kier molecular flexibility index (Phi) is 5.08. The molecule has 1 atom stereocenters. The van der Waals surface area contributed by atoms with Crippen LogP contribution in [0.3, 0.4) is 0 Å². The summed E-state index contributed by atoms with van der Waals surface area (Å²) in [5.41, 5.74) is 0.576. The summed E-state index contributed by atoms with van der Waals surface area (Å²) in [6.07, 6.45) is 9.85. The number of hydrogen-bond donors (Lipinski definition) is 1. The molecule has 1 saturated carbocycles. The molecule has 0 amide bonds. The number of piperidine rings is 1. The summed E-state index contributed by atoms with van der Waals surface area (Å²) in [6.45, 7) is 11.0. The highest BCUT2D eigenvalue weighted by atomic mass is 15.2. The van der Waals surface area contributed by atoms with Gasteiger partial charge >= 0.3 is 0 Å². The Hall–Kier alpha value is -0.0800. The van der Waals surface area contributed by atoms with Gasteiger partial charge < -0.3 is 5.32 Å². The van der Waals surface area contributed by atoms with E-state index in [1.165, 1.54) is 64.6 Å². The number of hydrogen-bond acceptors (Lipinski definition) is 2. The minimum Gasteiger partial charge on any atom is -0.312 e. The first-order chi connectivity index (χ1) is 8.57. The summed E-state index contributed by atoms with van der Waals surface area (Å²) in [5, 5.41) is 3.80. The molecule has 2 aliphatic rings. The molecular formula is C16H32N2. The van der Waals surface area contributed by atoms with E-state index in [2.05, 4.69) is 31.0 Å². The zero-order chi connectivity index (χ0) is 13.0. The van der Waals surface area contributed by atoms with Gasteiger partial charge in [-0.15, -0.1) is 0 Å². The van der Waals surface area contributed by atoms with Crippen LogP contribution in [-0.4, -0.2) is 36.6 Å².